The molecule has 3 N–H and O–H groups in total. The average molecular weight is 364 g/mol. The highest BCUT2D eigenvalue weighted by molar-refractivity contribution is 7.89. The van der Waals surface area contributed by atoms with Crippen molar-refractivity contribution < 1.29 is 13.2 Å². The first-order valence-corrected chi connectivity index (χ1v) is 9.61. The molecule has 2 rings (SSSR count). The number of nitrogens with one attached hydrogen (secondary N) is 3. The monoisotopic (exact) mass is 364 g/mol. The Bertz CT molecular complexity index is 813. The minimum absolute atomic E-state index is 0.00153. The van der Waals surface area contributed by atoms with E-state index in [1.165, 1.54) is 7.05 Å². The fourth-order valence-electron chi connectivity index (χ4n) is 2.50. The summed E-state index contributed by atoms with van der Waals surface area (Å²) in [5, 5.41) is 10.00. The van der Waals surface area contributed by atoms with Crippen molar-refractivity contribution in [3.63, 3.8) is 0 Å². The Balaban J connectivity index is 1.81. The van der Waals surface area contributed by atoms with Gasteiger partial charge in [0.2, 0.25) is 15.9 Å². The first kappa shape index (κ1) is 19.1. The molecule has 2 aromatic rings. The van der Waals surface area contributed by atoms with Crippen LogP contribution in [0.4, 0.5) is 0 Å². The summed E-state index contributed by atoms with van der Waals surface area (Å²) in [5.41, 5.74) is 2.84. The fraction of sp³-hybridized carbons (Fsp3) is 0.412. The number of H-pyrrole nitrogens is 1. The molecule has 1 amide bonds. The van der Waals surface area contributed by atoms with Crippen molar-refractivity contribution in [1.82, 2.24) is 20.2 Å². The van der Waals surface area contributed by atoms with Gasteiger partial charge in [0, 0.05) is 24.6 Å². The number of rotatable bonds is 8. The summed E-state index contributed by atoms with van der Waals surface area (Å²) >= 11 is 0. The van der Waals surface area contributed by atoms with Gasteiger partial charge in [-0.2, -0.15) is 5.10 Å². The van der Waals surface area contributed by atoms with Gasteiger partial charge >= 0.3 is 0 Å². The second-order valence-corrected chi connectivity index (χ2v) is 7.95. The smallest absolute Gasteiger partial charge is 0.240 e. The average Bonchev–Trinajstić information content (AvgIpc) is 2.98. The lowest BCUT2D eigenvalue weighted by Crippen LogP contribution is -2.34. The number of aromatic amines is 1. The van der Waals surface area contributed by atoms with Crippen molar-refractivity contribution in [1.29, 1.82) is 0 Å². The number of nitrogens with zero attached hydrogens (tertiary/aromatic N) is 1. The van der Waals surface area contributed by atoms with Crippen molar-refractivity contribution in [3.8, 4) is 0 Å². The SMILES string of the molecule is CNS(=O)(=O)c1ccc(CCC(=O)NC(C)Cc2cc(C)[nH]n2)cc1. The molecule has 0 aliphatic carbocycles. The molecule has 0 aliphatic heterocycles. The molecule has 1 atom stereocenters. The molecule has 0 saturated carbocycles. The van der Waals surface area contributed by atoms with E-state index in [-0.39, 0.29) is 16.8 Å². The zero-order chi connectivity index (χ0) is 18.4. The molecule has 1 aromatic carbocycles. The number of benzene rings is 1. The lowest BCUT2D eigenvalue weighted by Gasteiger charge is -2.12. The highest BCUT2D eigenvalue weighted by Crippen LogP contribution is 2.11. The third-order valence-electron chi connectivity index (χ3n) is 3.82. The van der Waals surface area contributed by atoms with Gasteiger partial charge in [0.1, 0.15) is 0 Å². The summed E-state index contributed by atoms with van der Waals surface area (Å²) < 4.78 is 25.6. The molecule has 1 unspecified atom stereocenters. The molecular formula is C17H24N4O3S. The largest absolute Gasteiger partial charge is 0.353 e. The third-order valence-corrected chi connectivity index (χ3v) is 5.26. The summed E-state index contributed by atoms with van der Waals surface area (Å²) in [6.07, 6.45) is 1.58. The summed E-state index contributed by atoms with van der Waals surface area (Å²) in [7, 11) is -2.05. The Labute approximate surface area is 148 Å². The van der Waals surface area contributed by atoms with E-state index in [0.29, 0.717) is 19.3 Å². The summed E-state index contributed by atoms with van der Waals surface area (Å²) in [6.45, 7) is 3.88. The zero-order valence-electron chi connectivity index (χ0n) is 14.7. The van der Waals surface area contributed by atoms with Gasteiger partial charge in [-0.3, -0.25) is 9.89 Å². The van der Waals surface area contributed by atoms with Gasteiger partial charge in [-0.05, 0) is 51.1 Å². The van der Waals surface area contributed by atoms with Crippen molar-refractivity contribution >= 4 is 15.9 Å². The van der Waals surface area contributed by atoms with E-state index >= 15 is 0 Å². The number of hydrogen-bond donors (Lipinski definition) is 3. The van der Waals surface area contributed by atoms with Crippen LogP contribution in [0, 0.1) is 6.92 Å². The summed E-state index contributed by atoms with van der Waals surface area (Å²) in [5.74, 6) is -0.0355. The molecule has 0 spiro atoms. The highest BCUT2D eigenvalue weighted by atomic mass is 32.2. The molecule has 0 fully saturated rings. The van der Waals surface area contributed by atoms with Crippen LogP contribution in [0.2, 0.25) is 0 Å². The van der Waals surface area contributed by atoms with Crippen LogP contribution in [-0.2, 0) is 27.7 Å². The maximum atomic E-state index is 12.0. The third kappa shape index (κ3) is 5.68. The Morgan fingerprint density at radius 2 is 1.96 bits per heavy atom. The normalized spacial score (nSPS) is 12.8. The second kappa shape index (κ2) is 8.26. The molecular weight excluding hydrogens is 340 g/mol. The van der Waals surface area contributed by atoms with Gasteiger partial charge in [0.15, 0.2) is 0 Å². The van der Waals surface area contributed by atoms with Crippen LogP contribution in [-0.4, -0.2) is 37.6 Å². The predicted molar refractivity (Wildman–Crippen MR) is 95.6 cm³/mol. The lowest BCUT2D eigenvalue weighted by molar-refractivity contribution is -0.121. The van der Waals surface area contributed by atoms with E-state index in [1.807, 2.05) is 19.9 Å². The van der Waals surface area contributed by atoms with E-state index in [2.05, 4.69) is 20.2 Å². The Hall–Kier alpha value is -2.19. The standard InChI is InChI=1S/C17H24N4O3S/c1-12(10-15-11-13(2)20-21-15)19-17(22)9-6-14-4-7-16(8-5-14)25(23,24)18-3/h4-5,7-8,11-12,18H,6,9-10H2,1-3H3,(H,19,22)(H,20,21). The lowest BCUT2D eigenvalue weighted by atomic mass is 10.1. The van der Waals surface area contributed by atoms with Gasteiger partial charge in [0.05, 0.1) is 10.6 Å². The minimum atomic E-state index is -3.43. The van der Waals surface area contributed by atoms with Crippen LogP contribution < -0.4 is 10.0 Å². The van der Waals surface area contributed by atoms with Gasteiger partial charge in [-0.1, -0.05) is 12.1 Å². The Morgan fingerprint density at radius 3 is 2.52 bits per heavy atom. The van der Waals surface area contributed by atoms with Gasteiger partial charge in [-0.15, -0.1) is 0 Å². The van der Waals surface area contributed by atoms with Crippen molar-refractivity contribution in [2.45, 2.75) is 44.0 Å². The van der Waals surface area contributed by atoms with Gasteiger partial charge in [-0.25, -0.2) is 13.1 Å². The number of carbonyl (C=O) groups is 1. The van der Waals surface area contributed by atoms with Gasteiger partial charge in [0.25, 0.3) is 0 Å². The van der Waals surface area contributed by atoms with Crippen LogP contribution in [0.3, 0.4) is 0 Å². The fourth-order valence-corrected chi connectivity index (χ4v) is 3.23. The summed E-state index contributed by atoms with van der Waals surface area (Å²) in [4.78, 5) is 12.3. The minimum Gasteiger partial charge on any atom is -0.353 e. The number of hydrogen-bond acceptors (Lipinski definition) is 4. The molecule has 25 heavy (non-hydrogen) atoms. The van der Waals surface area contributed by atoms with Crippen LogP contribution in [0.5, 0.6) is 0 Å². The molecule has 7 nitrogen and oxygen atoms in total. The van der Waals surface area contributed by atoms with E-state index < -0.39 is 10.0 Å². The zero-order valence-corrected chi connectivity index (χ0v) is 15.5. The molecule has 8 heteroatoms. The Kier molecular flexibility index (Phi) is 6.33. The molecule has 0 bridgehead atoms. The van der Waals surface area contributed by atoms with Crippen molar-refractivity contribution in [3.05, 3.63) is 47.3 Å². The number of carbonyl (C=O) groups excluding carboxylic acids is 1. The number of aryl methyl sites for hydroxylation is 2. The number of sulfonamides is 1. The van der Waals surface area contributed by atoms with Crippen molar-refractivity contribution in [2.24, 2.45) is 0 Å². The van der Waals surface area contributed by atoms with E-state index in [1.54, 1.807) is 24.3 Å². The van der Waals surface area contributed by atoms with Crippen LogP contribution >= 0.6 is 0 Å². The molecule has 1 aromatic heterocycles. The molecule has 1 heterocycles. The molecule has 0 radical (unpaired) electrons. The second-order valence-electron chi connectivity index (χ2n) is 6.07. The maximum Gasteiger partial charge on any atom is 0.240 e. The van der Waals surface area contributed by atoms with Gasteiger partial charge < -0.3 is 5.32 Å². The van der Waals surface area contributed by atoms with E-state index in [0.717, 1.165) is 17.0 Å². The number of amides is 1. The molecule has 0 saturated heterocycles. The molecule has 0 aliphatic rings. The Morgan fingerprint density at radius 1 is 1.28 bits per heavy atom. The first-order chi connectivity index (χ1) is 11.8. The topological polar surface area (TPSA) is 104 Å². The van der Waals surface area contributed by atoms with Crippen molar-refractivity contribution in [2.75, 3.05) is 7.05 Å². The van der Waals surface area contributed by atoms with E-state index in [4.69, 9.17) is 0 Å². The van der Waals surface area contributed by atoms with Crippen LogP contribution in [0.1, 0.15) is 30.3 Å². The molecule has 136 valence electrons. The quantitative estimate of drug-likeness (QED) is 0.657. The summed E-state index contributed by atoms with van der Waals surface area (Å²) in [6, 6.07) is 8.51. The predicted octanol–water partition coefficient (Wildman–Crippen LogP) is 1.31. The van der Waals surface area contributed by atoms with Crippen LogP contribution in [0.15, 0.2) is 35.2 Å². The first-order valence-electron chi connectivity index (χ1n) is 8.13. The van der Waals surface area contributed by atoms with E-state index in [9.17, 15) is 13.2 Å². The highest BCUT2D eigenvalue weighted by Gasteiger charge is 2.12. The maximum absolute atomic E-state index is 12.0. The van der Waals surface area contributed by atoms with Crippen LogP contribution in [0.25, 0.3) is 0 Å². The number of aromatic nitrogens is 2.